The summed E-state index contributed by atoms with van der Waals surface area (Å²) in [6, 6.07) is 0. The number of aryl methyl sites for hydroxylation is 1. The molecule has 0 aliphatic carbocycles. The van der Waals surface area contributed by atoms with E-state index in [9.17, 15) is 0 Å². The molecule has 0 saturated heterocycles. The van der Waals surface area contributed by atoms with E-state index in [2.05, 4.69) is 17.3 Å². The van der Waals surface area contributed by atoms with Crippen LogP contribution in [0.25, 0.3) is 0 Å². The van der Waals surface area contributed by atoms with Crippen LogP contribution in [-0.4, -0.2) is 16.3 Å². The smallest absolute Gasteiger partial charge is 0.150 e. The number of nitrogens with one attached hydrogen (secondary N) is 1. The molecule has 12 heavy (non-hydrogen) atoms. The molecule has 0 saturated carbocycles. The minimum Gasteiger partial charge on any atom is -0.382 e. The quantitative estimate of drug-likeness (QED) is 0.593. The van der Waals surface area contributed by atoms with Crippen molar-refractivity contribution in [3.63, 3.8) is 0 Å². The van der Waals surface area contributed by atoms with Crippen LogP contribution >= 0.6 is 0 Å². The van der Waals surface area contributed by atoms with E-state index >= 15 is 0 Å². The molecule has 0 spiro atoms. The van der Waals surface area contributed by atoms with Crippen molar-refractivity contribution in [1.29, 1.82) is 0 Å². The first-order valence-electron chi connectivity index (χ1n) is 4.23. The van der Waals surface area contributed by atoms with Gasteiger partial charge in [-0.05, 0) is 12.3 Å². The summed E-state index contributed by atoms with van der Waals surface area (Å²) in [5, 5.41) is 7.48. The number of fused-ring (bicyclic) bond motifs is 1. The Labute approximate surface area is 71.7 Å². The summed E-state index contributed by atoms with van der Waals surface area (Å²) in [6.45, 7) is 3.23. The second-order valence-corrected chi connectivity index (χ2v) is 3.53. The maximum Gasteiger partial charge on any atom is 0.150 e. The third kappa shape index (κ3) is 0.948. The minimum atomic E-state index is 0.656. The van der Waals surface area contributed by atoms with Crippen molar-refractivity contribution in [3.05, 3.63) is 5.56 Å². The first-order chi connectivity index (χ1) is 5.68. The molecule has 1 aromatic rings. The molecule has 2 heterocycles. The Morgan fingerprint density at radius 1 is 1.67 bits per heavy atom. The summed E-state index contributed by atoms with van der Waals surface area (Å²) in [5.41, 5.74) is 6.93. The van der Waals surface area contributed by atoms with Crippen LogP contribution in [0, 0.1) is 5.92 Å². The average Bonchev–Trinajstić information content (AvgIpc) is 2.28. The lowest BCUT2D eigenvalue weighted by molar-refractivity contribution is 0.589. The average molecular weight is 166 g/mol. The molecule has 1 aliphatic rings. The zero-order valence-electron chi connectivity index (χ0n) is 7.46. The predicted octanol–water partition coefficient (Wildman–Crippen LogP) is 0.606. The van der Waals surface area contributed by atoms with E-state index in [1.807, 2.05) is 11.7 Å². The number of rotatable bonds is 0. The maximum atomic E-state index is 5.75. The van der Waals surface area contributed by atoms with Gasteiger partial charge in [-0.2, -0.15) is 5.10 Å². The zero-order chi connectivity index (χ0) is 8.72. The largest absolute Gasteiger partial charge is 0.382 e. The van der Waals surface area contributed by atoms with Gasteiger partial charge in [-0.25, -0.2) is 0 Å². The molecule has 1 unspecified atom stereocenters. The van der Waals surface area contributed by atoms with Crippen LogP contribution in [0.2, 0.25) is 0 Å². The van der Waals surface area contributed by atoms with Gasteiger partial charge in [0.1, 0.15) is 5.82 Å². The lowest BCUT2D eigenvalue weighted by atomic mass is 9.99. The van der Waals surface area contributed by atoms with Crippen LogP contribution in [0.5, 0.6) is 0 Å². The minimum absolute atomic E-state index is 0.656. The molecular weight excluding hydrogens is 152 g/mol. The normalized spacial score (nSPS) is 21.7. The Morgan fingerprint density at radius 2 is 2.42 bits per heavy atom. The third-order valence-electron chi connectivity index (χ3n) is 2.35. The summed E-state index contributed by atoms with van der Waals surface area (Å²) in [4.78, 5) is 0. The topological polar surface area (TPSA) is 55.9 Å². The van der Waals surface area contributed by atoms with E-state index in [0.717, 1.165) is 18.8 Å². The van der Waals surface area contributed by atoms with Crippen molar-refractivity contribution in [2.24, 2.45) is 13.0 Å². The van der Waals surface area contributed by atoms with Gasteiger partial charge < -0.3 is 11.1 Å². The highest BCUT2D eigenvalue weighted by atomic mass is 15.3. The van der Waals surface area contributed by atoms with Crippen LogP contribution in [0.3, 0.4) is 0 Å². The second-order valence-electron chi connectivity index (χ2n) is 3.53. The molecule has 1 aromatic heterocycles. The fourth-order valence-corrected chi connectivity index (χ4v) is 1.70. The van der Waals surface area contributed by atoms with Crippen LogP contribution < -0.4 is 11.1 Å². The molecule has 0 fully saturated rings. The number of nitrogens with two attached hydrogens (primary N) is 1. The van der Waals surface area contributed by atoms with Crippen molar-refractivity contribution in [2.45, 2.75) is 13.3 Å². The van der Waals surface area contributed by atoms with Gasteiger partial charge in [0, 0.05) is 19.2 Å². The first kappa shape index (κ1) is 7.46. The second kappa shape index (κ2) is 2.40. The lowest BCUT2D eigenvalue weighted by Gasteiger charge is -2.20. The molecule has 4 nitrogen and oxygen atoms in total. The Bertz CT molecular complexity index is 302. The van der Waals surface area contributed by atoms with E-state index in [0.29, 0.717) is 11.7 Å². The summed E-state index contributed by atoms with van der Waals surface area (Å²) >= 11 is 0. The first-order valence-corrected chi connectivity index (χ1v) is 4.23. The Kier molecular flexibility index (Phi) is 1.49. The molecule has 0 bridgehead atoms. The zero-order valence-corrected chi connectivity index (χ0v) is 7.46. The SMILES string of the molecule is CC1CNc2c(c(N)nn2C)C1. The van der Waals surface area contributed by atoms with Crippen LogP contribution in [0.15, 0.2) is 0 Å². The molecule has 1 atom stereocenters. The number of hydrogen-bond acceptors (Lipinski definition) is 3. The van der Waals surface area contributed by atoms with Gasteiger partial charge in [0.15, 0.2) is 5.82 Å². The highest BCUT2D eigenvalue weighted by Gasteiger charge is 2.20. The van der Waals surface area contributed by atoms with Crippen LogP contribution in [0.4, 0.5) is 11.6 Å². The van der Waals surface area contributed by atoms with Gasteiger partial charge in [0.2, 0.25) is 0 Å². The standard InChI is InChI=1S/C8H14N4/c1-5-3-6-7(9)11-12(2)8(6)10-4-5/h5,10H,3-4H2,1-2H3,(H2,9,11). The van der Waals surface area contributed by atoms with E-state index in [-0.39, 0.29) is 0 Å². The van der Waals surface area contributed by atoms with E-state index in [1.54, 1.807) is 0 Å². The summed E-state index contributed by atoms with van der Waals surface area (Å²) in [5.74, 6) is 2.42. The van der Waals surface area contributed by atoms with E-state index < -0.39 is 0 Å². The Hall–Kier alpha value is -1.19. The maximum absolute atomic E-state index is 5.75. The summed E-state index contributed by atoms with van der Waals surface area (Å²) < 4.78 is 1.82. The lowest BCUT2D eigenvalue weighted by Crippen LogP contribution is -2.21. The van der Waals surface area contributed by atoms with Gasteiger partial charge in [-0.15, -0.1) is 0 Å². The predicted molar refractivity (Wildman–Crippen MR) is 49.0 cm³/mol. The monoisotopic (exact) mass is 166 g/mol. The third-order valence-corrected chi connectivity index (χ3v) is 2.35. The van der Waals surface area contributed by atoms with Crippen molar-refractivity contribution in [3.8, 4) is 0 Å². The molecule has 3 N–H and O–H groups in total. The van der Waals surface area contributed by atoms with Crippen molar-refractivity contribution < 1.29 is 0 Å². The van der Waals surface area contributed by atoms with Crippen molar-refractivity contribution in [2.75, 3.05) is 17.6 Å². The Balaban J connectivity index is 2.45. The summed E-state index contributed by atoms with van der Waals surface area (Å²) in [6.07, 6.45) is 1.04. The molecule has 0 amide bonds. The van der Waals surface area contributed by atoms with Crippen molar-refractivity contribution >= 4 is 11.6 Å². The fourth-order valence-electron chi connectivity index (χ4n) is 1.70. The number of nitrogen functional groups attached to an aromatic ring is 1. The van der Waals surface area contributed by atoms with Crippen molar-refractivity contribution in [1.82, 2.24) is 9.78 Å². The van der Waals surface area contributed by atoms with Gasteiger partial charge in [-0.3, -0.25) is 4.68 Å². The van der Waals surface area contributed by atoms with Gasteiger partial charge >= 0.3 is 0 Å². The fraction of sp³-hybridized carbons (Fsp3) is 0.625. The van der Waals surface area contributed by atoms with Gasteiger partial charge in [0.05, 0.1) is 0 Å². The number of aromatic nitrogens is 2. The summed E-state index contributed by atoms with van der Waals surface area (Å²) in [7, 11) is 1.91. The number of anilines is 2. The van der Waals surface area contributed by atoms with Gasteiger partial charge in [0.25, 0.3) is 0 Å². The Morgan fingerprint density at radius 3 is 3.17 bits per heavy atom. The van der Waals surface area contributed by atoms with E-state index in [1.165, 1.54) is 5.56 Å². The highest BCUT2D eigenvalue weighted by Crippen LogP contribution is 2.28. The van der Waals surface area contributed by atoms with Crippen LogP contribution in [0.1, 0.15) is 12.5 Å². The molecular formula is C8H14N4. The molecule has 2 rings (SSSR count). The van der Waals surface area contributed by atoms with E-state index in [4.69, 9.17) is 5.73 Å². The highest BCUT2D eigenvalue weighted by molar-refractivity contribution is 5.58. The number of nitrogens with zero attached hydrogens (tertiary/aromatic N) is 2. The molecule has 66 valence electrons. The molecule has 1 aliphatic heterocycles. The number of hydrogen-bond donors (Lipinski definition) is 2. The van der Waals surface area contributed by atoms with Crippen LogP contribution in [-0.2, 0) is 13.5 Å². The molecule has 0 radical (unpaired) electrons. The molecule has 4 heteroatoms. The van der Waals surface area contributed by atoms with Gasteiger partial charge in [-0.1, -0.05) is 6.92 Å². The molecule has 0 aromatic carbocycles.